The highest BCUT2D eigenvalue weighted by Gasteiger charge is 2.24. The minimum Gasteiger partial charge on any atom is -0.366 e. The molecule has 1 rings (SSSR count). The minimum atomic E-state index is 0.0354. The van der Waals surface area contributed by atoms with Gasteiger partial charge in [0, 0.05) is 24.4 Å². The highest BCUT2D eigenvalue weighted by Crippen LogP contribution is 2.30. The van der Waals surface area contributed by atoms with Gasteiger partial charge in [0.25, 0.3) is 0 Å². The largest absolute Gasteiger partial charge is 0.366 e. The molecule has 1 unspecified atom stereocenters. The average molecular weight is 182 g/mol. The first-order chi connectivity index (χ1) is 6.24. The third-order valence-electron chi connectivity index (χ3n) is 2.03. The van der Waals surface area contributed by atoms with Crippen LogP contribution in [0.25, 0.3) is 0 Å². The highest BCUT2D eigenvalue weighted by atomic mass is 16.5. The second kappa shape index (κ2) is 5.02. The Morgan fingerprint density at radius 2 is 2.38 bits per heavy atom. The van der Waals surface area contributed by atoms with Crippen molar-refractivity contribution in [3.05, 3.63) is 12.3 Å². The van der Waals surface area contributed by atoms with Gasteiger partial charge in [-0.3, -0.25) is 0 Å². The molecule has 0 aromatic heterocycles. The van der Waals surface area contributed by atoms with Gasteiger partial charge in [-0.25, -0.2) is 0 Å². The summed E-state index contributed by atoms with van der Waals surface area (Å²) < 4.78 is 5.27. The van der Waals surface area contributed by atoms with E-state index in [1.54, 1.807) is 6.20 Å². The van der Waals surface area contributed by atoms with Crippen molar-refractivity contribution < 1.29 is 4.74 Å². The zero-order valence-corrected chi connectivity index (χ0v) is 8.34. The maximum Gasteiger partial charge on any atom is 0.124 e. The molecule has 3 nitrogen and oxygen atoms in total. The fourth-order valence-electron chi connectivity index (χ4n) is 1.10. The van der Waals surface area contributed by atoms with E-state index in [4.69, 9.17) is 10.1 Å². The molecule has 1 atom stereocenters. The summed E-state index contributed by atoms with van der Waals surface area (Å²) in [5, 5.41) is 10.6. The third-order valence-corrected chi connectivity index (χ3v) is 2.03. The van der Waals surface area contributed by atoms with Crippen molar-refractivity contribution in [2.45, 2.75) is 32.9 Å². The first-order valence-electron chi connectivity index (χ1n) is 4.86. The van der Waals surface area contributed by atoms with Gasteiger partial charge in [0.1, 0.15) is 6.23 Å². The van der Waals surface area contributed by atoms with Crippen molar-refractivity contribution in [2.75, 3.05) is 6.61 Å². The Labute approximate surface area is 79.7 Å². The Balaban J connectivity index is 2.12. The number of hydrogen-bond donors (Lipinski definition) is 2. The Bertz CT molecular complexity index is 197. The summed E-state index contributed by atoms with van der Waals surface area (Å²) in [6, 6.07) is 0. The van der Waals surface area contributed by atoms with Crippen LogP contribution in [-0.4, -0.2) is 18.5 Å². The van der Waals surface area contributed by atoms with Gasteiger partial charge >= 0.3 is 0 Å². The summed E-state index contributed by atoms with van der Waals surface area (Å²) in [7, 11) is 0. The van der Waals surface area contributed by atoms with E-state index in [9.17, 15) is 0 Å². The highest BCUT2D eigenvalue weighted by molar-refractivity contribution is 5.95. The van der Waals surface area contributed by atoms with Crippen molar-refractivity contribution in [1.29, 1.82) is 5.41 Å². The maximum atomic E-state index is 7.58. The summed E-state index contributed by atoms with van der Waals surface area (Å²) in [5.74, 6) is 0.528. The normalized spacial score (nSPS) is 18.9. The number of rotatable bonds is 6. The fourth-order valence-corrected chi connectivity index (χ4v) is 1.10. The predicted octanol–water partition coefficient (Wildman–Crippen LogP) is 1.90. The summed E-state index contributed by atoms with van der Waals surface area (Å²) >= 11 is 0. The fraction of sp³-hybridized carbons (Fsp3) is 0.700. The van der Waals surface area contributed by atoms with E-state index in [-0.39, 0.29) is 6.23 Å². The Morgan fingerprint density at radius 1 is 1.69 bits per heavy atom. The first kappa shape index (κ1) is 10.3. The molecule has 0 heterocycles. The van der Waals surface area contributed by atoms with Crippen LogP contribution < -0.4 is 5.32 Å². The van der Waals surface area contributed by atoms with E-state index in [0.717, 1.165) is 5.71 Å². The molecule has 3 heteroatoms. The molecule has 2 N–H and O–H groups in total. The van der Waals surface area contributed by atoms with Crippen LogP contribution in [-0.2, 0) is 4.74 Å². The van der Waals surface area contributed by atoms with Gasteiger partial charge < -0.3 is 15.5 Å². The lowest BCUT2D eigenvalue weighted by Crippen LogP contribution is -2.23. The van der Waals surface area contributed by atoms with Crippen molar-refractivity contribution in [3.8, 4) is 0 Å². The van der Waals surface area contributed by atoms with Gasteiger partial charge in [0.05, 0.1) is 0 Å². The molecule has 0 aromatic carbocycles. The average Bonchev–Trinajstić information content (AvgIpc) is 2.86. The lowest BCUT2D eigenvalue weighted by molar-refractivity contribution is 0.0621. The molecular weight excluding hydrogens is 164 g/mol. The van der Waals surface area contributed by atoms with E-state index in [2.05, 4.69) is 5.32 Å². The lowest BCUT2D eigenvalue weighted by atomic mass is 10.2. The molecule has 0 amide bonds. The zero-order valence-electron chi connectivity index (χ0n) is 8.34. The summed E-state index contributed by atoms with van der Waals surface area (Å²) in [5.41, 5.74) is 0.733. The smallest absolute Gasteiger partial charge is 0.124 e. The molecule has 0 spiro atoms. The predicted molar refractivity (Wildman–Crippen MR) is 53.8 cm³/mol. The van der Waals surface area contributed by atoms with E-state index in [1.807, 2.05) is 19.9 Å². The van der Waals surface area contributed by atoms with Gasteiger partial charge in [-0.05, 0) is 32.8 Å². The molecule has 0 bridgehead atoms. The van der Waals surface area contributed by atoms with Gasteiger partial charge in [0.15, 0.2) is 0 Å². The number of allylic oxidation sites excluding steroid dienone is 1. The zero-order chi connectivity index (χ0) is 9.68. The third kappa shape index (κ3) is 4.08. The molecule has 0 saturated heterocycles. The van der Waals surface area contributed by atoms with E-state index in [0.29, 0.717) is 12.5 Å². The van der Waals surface area contributed by atoms with E-state index in [1.165, 1.54) is 12.8 Å². The van der Waals surface area contributed by atoms with Crippen molar-refractivity contribution in [1.82, 2.24) is 5.32 Å². The standard InChI is InChI=1S/C10H18N2O/c1-3-13-8(2)12-7-6-10(11)9-4-5-9/h6-9,11-12H,3-5H2,1-2H3/b7-6-,11-10?. The van der Waals surface area contributed by atoms with E-state index >= 15 is 0 Å². The molecule has 0 radical (unpaired) electrons. The van der Waals surface area contributed by atoms with Crippen LogP contribution >= 0.6 is 0 Å². The molecule has 1 fully saturated rings. The summed E-state index contributed by atoms with van der Waals surface area (Å²) in [6.45, 7) is 4.63. The van der Waals surface area contributed by atoms with Crippen LogP contribution in [0.4, 0.5) is 0 Å². The van der Waals surface area contributed by atoms with Crippen LogP contribution in [0.2, 0.25) is 0 Å². The second-order valence-corrected chi connectivity index (χ2v) is 3.33. The second-order valence-electron chi connectivity index (χ2n) is 3.33. The van der Waals surface area contributed by atoms with Gasteiger partial charge in [-0.15, -0.1) is 0 Å². The first-order valence-corrected chi connectivity index (χ1v) is 4.86. The number of ether oxygens (including phenoxy) is 1. The minimum absolute atomic E-state index is 0.0354. The molecule has 0 aromatic rings. The molecule has 13 heavy (non-hydrogen) atoms. The van der Waals surface area contributed by atoms with Crippen LogP contribution in [0.3, 0.4) is 0 Å². The maximum absolute atomic E-state index is 7.58. The molecule has 1 saturated carbocycles. The monoisotopic (exact) mass is 182 g/mol. The SMILES string of the molecule is CCOC(C)N/C=C\C(=N)C1CC1. The van der Waals surface area contributed by atoms with E-state index < -0.39 is 0 Å². The lowest BCUT2D eigenvalue weighted by Gasteiger charge is -2.10. The Morgan fingerprint density at radius 3 is 2.92 bits per heavy atom. The number of nitrogens with one attached hydrogen (secondary N) is 2. The molecule has 1 aliphatic carbocycles. The Kier molecular flexibility index (Phi) is 3.96. The van der Waals surface area contributed by atoms with Crippen LogP contribution in [0.1, 0.15) is 26.7 Å². The van der Waals surface area contributed by atoms with Crippen LogP contribution in [0.15, 0.2) is 12.3 Å². The molecule has 0 aliphatic heterocycles. The quantitative estimate of drug-likeness (QED) is 0.487. The van der Waals surface area contributed by atoms with Gasteiger partial charge in [0.2, 0.25) is 0 Å². The Hall–Kier alpha value is -0.830. The molecule has 74 valence electrons. The van der Waals surface area contributed by atoms with Gasteiger partial charge in [-0.1, -0.05) is 0 Å². The molecular formula is C10H18N2O. The topological polar surface area (TPSA) is 45.1 Å². The van der Waals surface area contributed by atoms with Gasteiger partial charge in [-0.2, -0.15) is 0 Å². The molecule has 1 aliphatic rings. The van der Waals surface area contributed by atoms with Crippen LogP contribution in [0, 0.1) is 11.3 Å². The van der Waals surface area contributed by atoms with Crippen molar-refractivity contribution in [3.63, 3.8) is 0 Å². The number of hydrogen-bond acceptors (Lipinski definition) is 3. The van der Waals surface area contributed by atoms with Crippen molar-refractivity contribution >= 4 is 5.71 Å². The van der Waals surface area contributed by atoms with Crippen molar-refractivity contribution in [2.24, 2.45) is 5.92 Å². The summed E-state index contributed by atoms with van der Waals surface area (Å²) in [6.07, 6.45) is 6.04. The van der Waals surface area contributed by atoms with Crippen LogP contribution in [0.5, 0.6) is 0 Å². The summed E-state index contributed by atoms with van der Waals surface area (Å²) in [4.78, 5) is 0.